The number of aromatic nitrogens is 1. The monoisotopic (exact) mass is 313 g/mol. The first-order valence-corrected chi connectivity index (χ1v) is 6.33. The number of halogens is 2. The van der Waals surface area contributed by atoms with Crippen LogP contribution in [0, 0.1) is 0 Å². The fourth-order valence-electron chi connectivity index (χ4n) is 1.10. The predicted octanol–water partition coefficient (Wildman–Crippen LogP) is 2.45. The summed E-state index contributed by atoms with van der Waals surface area (Å²) >= 11 is 1.54. The first-order valence-electron chi connectivity index (χ1n) is 5.45. The summed E-state index contributed by atoms with van der Waals surface area (Å²) in [5.74, 6) is 0.285. The summed E-state index contributed by atoms with van der Waals surface area (Å²) in [6.07, 6.45) is 0. The molecule has 1 heterocycles. The molecule has 7 heteroatoms. The van der Waals surface area contributed by atoms with Gasteiger partial charge in [0.2, 0.25) is 0 Å². The van der Waals surface area contributed by atoms with Gasteiger partial charge in [0.25, 0.3) is 5.91 Å². The molecular weight excluding hydrogens is 293 g/mol. The third-order valence-corrected chi connectivity index (χ3v) is 3.46. The van der Waals surface area contributed by atoms with Crippen LogP contribution in [0.4, 0.5) is 0 Å². The van der Waals surface area contributed by atoms with Crippen molar-refractivity contribution >= 4 is 42.1 Å². The van der Waals surface area contributed by atoms with Crippen LogP contribution in [0.3, 0.4) is 0 Å². The number of rotatable bonds is 5. The molecule has 0 radical (unpaired) electrons. The van der Waals surface area contributed by atoms with Crippen molar-refractivity contribution in [3.8, 4) is 0 Å². The molecule has 0 aliphatic rings. The molecule has 0 aliphatic carbocycles. The van der Waals surface area contributed by atoms with Crippen molar-refractivity contribution in [2.45, 2.75) is 32.7 Å². The van der Waals surface area contributed by atoms with Crippen molar-refractivity contribution in [2.24, 2.45) is 0 Å². The van der Waals surface area contributed by atoms with Crippen LogP contribution in [-0.2, 0) is 0 Å². The van der Waals surface area contributed by atoms with Crippen molar-refractivity contribution in [3.63, 3.8) is 0 Å². The molecule has 1 rings (SSSR count). The molecule has 1 unspecified atom stereocenters. The highest BCUT2D eigenvalue weighted by Gasteiger charge is 2.12. The van der Waals surface area contributed by atoms with Gasteiger partial charge in [-0.25, -0.2) is 4.98 Å². The zero-order valence-electron chi connectivity index (χ0n) is 11.0. The Morgan fingerprint density at radius 2 is 2.00 bits per heavy atom. The van der Waals surface area contributed by atoms with Crippen LogP contribution in [0.25, 0.3) is 0 Å². The minimum Gasteiger partial charge on any atom is -0.349 e. The highest BCUT2D eigenvalue weighted by molar-refractivity contribution is 7.09. The summed E-state index contributed by atoms with van der Waals surface area (Å²) in [7, 11) is 1.87. The van der Waals surface area contributed by atoms with Crippen LogP contribution in [-0.4, -0.2) is 30.5 Å². The number of carbonyl (C=O) groups excluding carboxylic acids is 1. The van der Waals surface area contributed by atoms with Crippen LogP contribution in [0.15, 0.2) is 5.38 Å². The molecule has 18 heavy (non-hydrogen) atoms. The van der Waals surface area contributed by atoms with Crippen molar-refractivity contribution in [1.29, 1.82) is 0 Å². The zero-order valence-corrected chi connectivity index (χ0v) is 13.5. The predicted molar refractivity (Wildman–Crippen MR) is 81.6 cm³/mol. The van der Waals surface area contributed by atoms with Gasteiger partial charge in [-0.1, -0.05) is 13.8 Å². The van der Waals surface area contributed by atoms with E-state index in [1.807, 2.05) is 19.4 Å². The summed E-state index contributed by atoms with van der Waals surface area (Å²) in [6, 6.07) is 0.271. The Morgan fingerprint density at radius 3 is 2.44 bits per heavy atom. The van der Waals surface area contributed by atoms with Gasteiger partial charge in [-0.05, 0) is 14.0 Å². The summed E-state index contributed by atoms with van der Waals surface area (Å²) in [4.78, 5) is 16.0. The molecule has 1 aromatic rings. The molecule has 0 saturated carbocycles. The van der Waals surface area contributed by atoms with E-state index in [0.29, 0.717) is 18.2 Å². The molecule has 0 aliphatic heterocycles. The molecule has 0 aromatic carbocycles. The lowest BCUT2D eigenvalue weighted by atomic mass is 10.2. The highest BCUT2D eigenvalue weighted by Crippen LogP contribution is 2.18. The van der Waals surface area contributed by atoms with Gasteiger partial charge in [0.1, 0.15) is 5.69 Å². The van der Waals surface area contributed by atoms with Crippen molar-refractivity contribution < 1.29 is 4.79 Å². The Morgan fingerprint density at radius 1 is 1.39 bits per heavy atom. The summed E-state index contributed by atoms with van der Waals surface area (Å²) in [5, 5.41) is 8.73. The molecule has 106 valence electrons. The Bertz CT molecular complexity index is 358. The van der Waals surface area contributed by atoms with E-state index in [4.69, 9.17) is 0 Å². The Labute approximate surface area is 125 Å². The Kier molecular flexibility index (Phi) is 10.6. The minimum absolute atomic E-state index is 0. The average Bonchev–Trinajstić information content (AvgIpc) is 2.74. The molecule has 1 aromatic heterocycles. The first kappa shape index (κ1) is 20.0. The van der Waals surface area contributed by atoms with Crippen LogP contribution in [0.1, 0.15) is 42.2 Å². The van der Waals surface area contributed by atoms with E-state index in [9.17, 15) is 4.79 Å². The fourth-order valence-corrected chi connectivity index (χ4v) is 1.91. The lowest BCUT2D eigenvalue weighted by Gasteiger charge is -2.10. The molecule has 0 spiro atoms. The number of hydrogen-bond donors (Lipinski definition) is 2. The Hall–Kier alpha value is -0.360. The van der Waals surface area contributed by atoms with Crippen LogP contribution in [0.2, 0.25) is 0 Å². The summed E-state index contributed by atoms with van der Waals surface area (Å²) in [6.45, 7) is 6.78. The van der Waals surface area contributed by atoms with E-state index < -0.39 is 0 Å². The number of carbonyl (C=O) groups is 1. The fraction of sp³-hybridized carbons (Fsp3) is 0.636. The molecule has 0 bridgehead atoms. The molecule has 1 atom stereocenters. The van der Waals surface area contributed by atoms with Gasteiger partial charge < -0.3 is 10.6 Å². The third kappa shape index (κ3) is 6.00. The first-order chi connectivity index (χ1) is 7.54. The molecule has 0 fully saturated rings. The average molecular weight is 314 g/mol. The van der Waals surface area contributed by atoms with Crippen molar-refractivity contribution in [3.05, 3.63) is 16.1 Å². The highest BCUT2D eigenvalue weighted by atomic mass is 35.5. The number of nitrogens with one attached hydrogen (secondary N) is 2. The van der Waals surface area contributed by atoms with Gasteiger partial charge in [0.15, 0.2) is 0 Å². The number of likely N-dealkylation sites (N-methyl/N-ethyl adjacent to an activating group) is 1. The second kappa shape index (κ2) is 9.55. The van der Waals surface area contributed by atoms with Crippen molar-refractivity contribution in [1.82, 2.24) is 15.6 Å². The van der Waals surface area contributed by atoms with E-state index >= 15 is 0 Å². The standard InChI is InChI=1S/C11H19N3OS.2ClH/c1-7(2)11-14-9(6-16-11)10(15)13-5-8(3)12-4;;/h6-8,12H,5H2,1-4H3,(H,13,15);2*1H. The lowest BCUT2D eigenvalue weighted by molar-refractivity contribution is 0.0946. The number of hydrogen-bond acceptors (Lipinski definition) is 4. The second-order valence-corrected chi connectivity index (χ2v) is 5.02. The molecule has 1 amide bonds. The van der Waals surface area contributed by atoms with Crippen LogP contribution < -0.4 is 10.6 Å². The number of amides is 1. The van der Waals surface area contributed by atoms with Gasteiger partial charge >= 0.3 is 0 Å². The zero-order chi connectivity index (χ0) is 12.1. The van der Waals surface area contributed by atoms with E-state index in [2.05, 4.69) is 29.5 Å². The van der Waals surface area contributed by atoms with Gasteiger partial charge in [-0.15, -0.1) is 36.2 Å². The van der Waals surface area contributed by atoms with Crippen LogP contribution >= 0.6 is 36.2 Å². The van der Waals surface area contributed by atoms with E-state index in [1.165, 1.54) is 11.3 Å². The van der Waals surface area contributed by atoms with Gasteiger partial charge in [-0.3, -0.25) is 4.79 Å². The number of nitrogens with zero attached hydrogens (tertiary/aromatic N) is 1. The van der Waals surface area contributed by atoms with Gasteiger partial charge in [-0.2, -0.15) is 0 Å². The minimum atomic E-state index is -0.0924. The summed E-state index contributed by atoms with van der Waals surface area (Å²) in [5.41, 5.74) is 0.525. The Balaban J connectivity index is 0. The van der Waals surface area contributed by atoms with Crippen LogP contribution in [0.5, 0.6) is 0 Å². The number of thiazole rings is 1. The SMILES string of the molecule is CNC(C)CNC(=O)c1csc(C(C)C)n1.Cl.Cl. The molecule has 2 N–H and O–H groups in total. The molecule has 4 nitrogen and oxygen atoms in total. The summed E-state index contributed by atoms with van der Waals surface area (Å²) < 4.78 is 0. The lowest BCUT2D eigenvalue weighted by Crippen LogP contribution is -2.37. The van der Waals surface area contributed by atoms with Gasteiger partial charge in [0.05, 0.1) is 5.01 Å². The normalized spacial score (nSPS) is 11.4. The topological polar surface area (TPSA) is 54.0 Å². The molecule has 0 saturated heterocycles. The van der Waals surface area contributed by atoms with E-state index in [1.54, 1.807) is 0 Å². The van der Waals surface area contributed by atoms with Crippen molar-refractivity contribution in [2.75, 3.05) is 13.6 Å². The maximum Gasteiger partial charge on any atom is 0.270 e. The molecular formula is C11H21Cl2N3OS. The smallest absolute Gasteiger partial charge is 0.270 e. The third-order valence-electron chi connectivity index (χ3n) is 2.31. The van der Waals surface area contributed by atoms with E-state index in [-0.39, 0.29) is 36.8 Å². The van der Waals surface area contributed by atoms with Gasteiger partial charge in [0, 0.05) is 23.9 Å². The largest absolute Gasteiger partial charge is 0.349 e. The maximum atomic E-state index is 11.7. The quantitative estimate of drug-likeness (QED) is 0.878. The van der Waals surface area contributed by atoms with E-state index in [0.717, 1.165) is 5.01 Å². The maximum absolute atomic E-state index is 11.7. The second-order valence-electron chi connectivity index (χ2n) is 4.13.